The third-order valence-electron chi connectivity index (χ3n) is 10.0. The highest BCUT2D eigenvalue weighted by molar-refractivity contribution is 7.26. The van der Waals surface area contributed by atoms with Gasteiger partial charge in [0, 0.05) is 47.5 Å². The molecule has 0 aliphatic rings. The Morgan fingerprint density at radius 3 is 2.08 bits per heavy atom. The first-order chi connectivity index (χ1) is 24.3. The lowest BCUT2D eigenvalue weighted by molar-refractivity contribution is 0.621. The standard InChI is InChI=1S/C45H26N2OS/c1-2-12-27(13-3-1)35-26-40-42(34-19-9-11-21-39(34)49-40)43-44(35)48-45(46-43)32-23-25-37(31-17-7-6-16-30(31)32)47-36-20-10-8-18-33(36)41-29-15-5-4-14-28(29)22-24-38(41)47/h1-26H. The number of oxazole rings is 1. The van der Waals surface area contributed by atoms with E-state index in [0.717, 1.165) is 49.6 Å². The molecule has 0 fully saturated rings. The van der Waals surface area contributed by atoms with Gasteiger partial charge < -0.3 is 8.98 Å². The average molecular weight is 643 g/mol. The lowest BCUT2D eigenvalue weighted by Gasteiger charge is -2.13. The van der Waals surface area contributed by atoms with Gasteiger partial charge in [-0.05, 0) is 58.1 Å². The summed E-state index contributed by atoms with van der Waals surface area (Å²) in [6, 6.07) is 56.4. The van der Waals surface area contributed by atoms with E-state index in [1.807, 2.05) is 11.3 Å². The van der Waals surface area contributed by atoms with Crippen LogP contribution in [0.25, 0.3) is 103 Å². The van der Waals surface area contributed by atoms with E-state index in [2.05, 4.69) is 162 Å². The molecule has 0 saturated heterocycles. The van der Waals surface area contributed by atoms with Gasteiger partial charge in [0.15, 0.2) is 5.58 Å². The fourth-order valence-electron chi connectivity index (χ4n) is 7.89. The molecule has 11 aromatic rings. The molecule has 0 aliphatic heterocycles. The molecule has 0 bridgehead atoms. The Morgan fingerprint density at radius 2 is 1.20 bits per heavy atom. The summed E-state index contributed by atoms with van der Waals surface area (Å²) in [5, 5.41) is 9.66. The van der Waals surface area contributed by atoms with Gasteiger partial charge in [-0.1, -0.05) is 121 Å². The predicted molar refractivity (Wildman–Crippen MR) is 207 cm³/mol. The van der Waals surface area contributed by atoms with Gasteiger partial charge in [-0.2, -0.15) is 0 Å². The van der Waals surface area contributed by atoms with Crippen LogP contribution in [0.4, 0.5) is 0 Å². The first-order valence-corrected chi connectivity index (χ1v) is 17.4. The van der Waals surface area contributed by atoms with Crippen LogP contribution in [0.1, 0.15) is 0 Å². The van der Waals surface area contributed by atoms with Gasteiger partial charge in [0.1, 0.15) is 5.52 Å². The molecule has 3 heterocycles. The molecule has 0 amide bonds. The monoisotopic (exact) mass is 642 g/mol. The summed E-state index contributed by atoms with van der Waals surface area (Å²) >= 11 is 1.81. The maximum Gasteiger partial charge on any atom is 0.227 e. The van der Waals surface area contributed by atoms with Gasteiger partial charge in [0.05, 0.1) is 16.7 Å². The number of nitrogens with zero attached hydrogens (tertiary/aromatic N) is 2. The van der Waals surface area contributed by atoms with Gasteiger partial charge in [-0.3, -0.25) is 0 Å². The number of benzene rings is 8. The third-order valence-corrected chi connectivity index (χ3v) is 11.1. The van der Waals surface area contributed by atoms with Gasteiger partial charge >= 0.3 is 0 Å². The van der Waals surface area contributed by atoms with Crippen molar-refractivity contribution in [2.45, 2.75) is 0 Å². The summed E-state index contributed by atoms with van der Waals surface area (Å²) in [6.45, 7) is 0. The predicted octanol–water partition coefficient (Wildman–Crippen LogP) is 12.9. The molecule has 0 unspecified atom stereocenters. The molecule has 8 aromatic carbocycles. The first kappa shape index (κ1) is 26.8. The Balaban J connectivity index is 1.20. The van der Waals surface area contributed by atoms with E-state index in [4.69, 9.17) is 9.40 Å². The summed E-state index contributed by atoms with van der Waals surface area (Å²) in [4.78, 5) is 5.33. The van der Waals surface area contributed by atoms with E-state index in [1.54, 1.807) is 0 Å². The fraction of sp³-hybridized carbons (Fsp3) is 0. The van der Waals surface area contributed by atoms with Gasteiger partial charge in [0.25, 0.3) is 0 Å². The van der Waals surface area contributed by atoms with Crippen LogP contribution < -0.4 is 0 Å². The number of hydrogen-bond donors (Lipinski definition) is 0. The lowest BCUT2D eigenvalue weighted by atomic mass is 10.0. The fourth-order valence-corrected chi connectivity index (χ4v) is 9.04. The summed E-state index contributed by atoms with van der Waals surface area (Å²) in [6.07, 6.45) is 0. The van der Waals surface area contributed by atoms with Crippen molar-refractivity contribution >= 4 is 86.0 Å². The molecule has 0 radical (unpaired) electrons. The van der Waals surface area contributed by atoms with E-state index < -0.39 is 0 Å². The molecule has 0 atom stereocenters. The van der Waals surface area contributed by atoms with Crippen LogP contribution in [-0.4, -0.2) is 9.55 Å². The number of hydrogen-bond acceptors (Lipinski definition) is 3. The molecule has 3 nitrogen and oxygen atoms in total. The average Bonchev–Trinajstić information content (AvgIpc) is 3.86. The maximum absolute atomic E-state index is 6.88. The van der Waals surface area contributed by atoms with Gasteiger partial charge in [0.2, 0.25) is 5.89 Å². The van der Waals surface area contributed by atoms with Crippen molar-refractivity contribution in [1.29, 1.82) is 0 Å². The van der Waals surface area contributed by atoms with Crippen molar-refractivity contribution in [3.8, 4) is 28.3 Å². The highest BCUT2D eigenvalue weighted by Crippen LogP contribution is 2.45. The highest BCUT2D eigenvalue weighted by Gasteiger charge is 2.22. The maximum atomic E-state index is 6.88. The molecule has 0 N–H and O–H groups in total. The van der Waals surface area contributed by atoms with E-state index in [1.165, 1.54) is 47.4 Å². The zero-order valence-electron chi connectivity index (χ0n) is 26.2. The minimum atomic E-state index is 0.630. The smallest absolute Gasteiger partial charge is 0.227 e. The molecule has 0 spiro atoms. The summed E-state index contributed by atoms with van der Waals surface area (Å²) in [7, 11) is 0. The third kappa shape index (κ3) is 3.80. The minimum Gasteiger partial charge on any atom is -0.435 e. The van der Waals surface area contributed by atoms with Crippen molar-refractivity contribution in [2.24, 2.45) is 0 Å². The summed E-state index contributed by atoms with van der Waals surface area (Å²) in [5.41, 5.74) is 8.40. The van der Waals surface area contributed by atoms with Crippen molar-refractivity contribution in [3.05, 3.63) is 158 Å². The summed E-state index contributed by atoms with van der Waals surface area (Å²) < 4.78 is 11.8. The number of rotatable bonds is 3. The number of fused-ring (bicyclic) bond motifs is 11. The first-order valence-electron chi connectivity index (χ1n) is 16.6. The molecule has 0 saturated carbocycles. The SMILES string of the molecule is c1ccc(-c2cc3sc4ccccc4c3c3nc(-c4ccc(-n5c6ccccc6c6c7ccccc7ccc65)c5ccccc45)oc23)cc1. The second-order valence-electron chi connectivity index (χ2n) is 12.7. The van der Waals surface area contributed by atoms with Crippen LogP contribution in [0.5, 0.6) is 0 Å². The van der Waals surface area contributed by atoms with Crippen molar-refractivity contribution in [3.63, 3.8) is 0 Å². The zero-order valence-corrected chi connectivity index (χ0v) is 27.0. The largest absolute Gasteiger partial charge is 0.435 e. The second kappa shape index (κ2) is 10.1. The quantitative estimate of drug-likeness (QED) is 0.192. The molecule has 11 rings (SSSR count). The van der Waals surface area contributed by atoms with E-state index >= 15 is 0 Å². The van der Waals surface area contributed by atoms with Crippen molar-refractivity contribution < 1.29 is 4.42 Å². The van der Waals surface area contributed by atoms with Crippen LogP contribution >= 0.6 is 11.3 Å². The van der Waals surface area contributed by atoms with Crippen molar-refractivity contribution in [1.82, 2.24) is 9.55 Å². The van der Waals surface area contributed by atoms with Gasteiger partial charge in [-0.15, -0.1) is 11.3 Å². The number of thiophene rings is 1. The number of aromatic nitrogens is 2. The Hall–Kier alpha value is -6.23. The zero-order chi connectivity index (χ0) is 32.1. The molecule has 3 aromatic heterocycles. The summed E-state index contributed by atoms with van der Waals surface area (Å²) in [5.74, 6) is 0.630. The topological polar surface area (TPSA) is 31.0 Å². The van der Waals surface area contributed by atoms with Crippen LogP contribution in [0, 0.1) is 0 Å². The van der Waals surface area contributed by atoms with Crippen LogP contribution in [-0.2, 0) is 0 Å². The van der Waals surface area contributed by atoms with E-state index in [9.17, 15) is 0 Å². The van der Waals surface area contributed by atoms with E-state index in [-0.39, 0.29) is 0 Å². The van der Waals surface area contributed by atoms with E-state index in [0.29, 0.717) is 5.89 Å². The molecular weight excluding hydrogens is 617 g/mol. The molecule has 4 heteroatoms. The van der Waals surface area contributed by atoms with Crippen LogP contribution in [0.15, 0.2) is 162 Å². The molecular formula is C45H26N2OS. The van der Waals surface area contributed by atoms with Gasteiger partial charge in [-0.25, -0.2) is 4.98 Å². The second-order valence-corrected chi connectivity index (χ2v) is 13.8. The van der Waals surface area contributed by atoms with Crippen molar-refractivity contribution in [2.75, 3.05) is 0 Å². The molecule has 49 heavy (non-hydrogen) atoms. The molecule has 228 valence electrons. The Labute approximate surface area is 284 Å². The number of para-hydroxylation sites is 1. The van der Waals surface area contributed by atoms with Crippen LogP contribution in [0.2, 0.25) is 0 Å². The minimum absolute atomic E-state index is 0.630. The lowest BCUT2D eigenvalue weighted by Crippen LogP contribution is -1.96. The normalized spacial score (nSPS) is 12.1. The van der Waals surface area contributed by atoms with Crippen LogP contribution in [0.3, 0.4) is 0 Å². The Bertz CT molecular complexity index is 3110. The Kier molecular flexibility index (Phi) is 5.54. The molecule has 0 aliphatic carbocycles. The Morgan fingerprint density at radius 1 is 0.490 bits per heavy atom. The highest BCUT2D eigenvalue weighted by atomic mass is 32.1.